The highest BCUT2D eigenvalue weighted by atomic mass is 35.5. The van der Waals surface area contributed by atoms with E-state index in [1.807, 2.05) is 0 Å². The Morgan fingerprint density at radius 3 is 2.39 bits per heavy atom. The Hall–Kier alpha value is -1.81. The maximum atomic E-state index is 13.0. The van der Waals surface area contributed by atoms with Gasteiger partial charge in [-0.1, -0.05) is 0 Å². The summed E-state index contributed by atoms with van der Waals surface area (Å²) in [5, 5.41) is 10.5. The van der Waals surface area contributed by atoms with Crippen molar-refractivity contribution in [1.82, 2.24) is 25.3 Å². The lowest BCUT2D eigenvalue weighted by atomic mass is 9.87. The van der Waals surface area contributed by atoms with Crippen molar-refractivity contribution < 1.29 is 22.8 Å². The number of piperidine rings is 2. The highest BCUT2D eigenvalue weighted by Gasteiger charge is 2.44. The second kappa shape index (κ2) is 9.13. The highest BCUT2D eigenvalue weighted by molar-refractivity contribution is 5.85. The van der Waals surface area contributed by atoms with Crippen LogP contribution in [0.2, 0.25) is 0 Å². The van der Waals surface area contributed by atoms with Crippen molar-refractivity contribution in [2.24, 2.45) is 5.92 Å². The van der Waals surface area contributed by atoms with Gasteiger partial charge in [0, 0.05) is 32.0 Å². The molecule has 0 radical (unpaired) electrons. The van der Waals surface area contributed by atoms with E-state index in [1.54, 1.807) is 23.1 Å². The zero-order chi connectivity index (χ0) is 19.5. The first-order valence-corrected chi connectivity index (χ1v) is 9.18. The molecule has 3 rings (SSSR count). The van der Waals surface area contributed by atoms with Gasteiger partial charge in [0.05, 0.1) is 0 Å². The van der Waals surface area contributed by atoms with Crippen LogP contribution in [0.4, 0.5) is 13.2 Å². The fraction of sp³-hybridized carbons (Fsp3) is 0.706. The Morgan fingerprint density at radius 1 is 1.21 bits per heavy atom. The summed E-state index contributed by atoms with van der Waals surface area (Å²) in [6.45, 7) is 1.94. The zero-order valence-corrected chi connectivity index (χ0v) is 16.2. The summed E-state index contributed by atoms with van der Waals surface area (Å²) in [4.78, 5) is 25.1. The summed E-state index contributed by atoms with van der Waals surface area (Å²) in [5.41, 5.74) is -0.734. The van der Waals surface area contributed by atoms with Crippen LogP contribution < -0.4 is 10.6 Å². The number of aromatic nitrogens is 2. The lowest BCUT2D eigenvalue weighted by Gasteiger charge is -2.37. The molecule has 2 aliphatic heterocycles. The summed E-state index contributed by atoms with van der Waals surface area (Å²) >= 11 is 0. The monoisotopic (exact) mass is 423 g/mol. The third-order valence-corrected chi connectivity index (χ3v) is 5.49. The predicted octanol–water partition coefficient (Wildman–Crippen LogP) is 1.30. The maximum absolute atomic E-state index is 13.0. The van der Waals surface area contributed by atoms with Crippen LogP contribution in [-0.2, 0) is 15.1 Å². The van der Waals surface area contributed by atoms with Gasteiger partial charge in [0.2, 0.25) is 5.91 Å². The van der Waals surface area contributed by atoms with Gasteiger partial charge in [0.1, 0.15) is 5.54 Å². The molecule has 2 saturated heterocycles. The first-order chi connectivity index (χ1) is 12.8. The molecule has 158 valence electrons. The number of nitrogens with zero attached hydrogens (tertiary/aromatic N) is 3. The molecular weight excluding hydrogens is 399 g/mol. The van der Waals surface area contributed by atoms with Gasteiger partial charge in [-0.2, -0.15) is 18.3 Å². The van der Waals surface area contributed by atoms with Gasteiger partial charge in [-0.05, 0) is 50.8 Å². The molecule has 2 N–H and O–H groups in total. The molecule has 11 heteroatoms. The minimum atomic E-state index is -4.83. The van der Waals surface area contributed by atoms with Gasteiger partial charge in [-0.15, -0.1) is 12.4 Å². The number of halogens is 4. The van der Waals surface area contributed by atoms with E-state index in [0.717, 1.165) is 4.90 Å². The van der Waals surface area contributed by atoms with E-state index in [4.69, 9.17) is 0 Å². The molecule has 0 unspecified atom stereocenters. The number of likely N-dealkylation sites (tertiary alicyclic amines) is 1. The third kappa shape index (κ3) is 4.78. The summed E-state index contributed by atoms with van der Waals surface area (Å²) in [7, 11) is 0. The van der Waals surface area contributed by atoms with Crippen LogP contribution in [-0.4, -0.2) is 65.4 Å². The lowest BCUT2D eigenvalue weighted by molar-refractivity contribution is -0.186. The minimum Gasteiger partial charge on any atom is -0.354 e. The fourth-order valence-electron chi connectivity index (χ4n) is 3.84. The van der Waals surface area contributed by atoms with Crippen molar-refractivity contribution in [2.45, 2.75) is 37.4 Å². The fourth-order valence-corrected chi connectivity index (χ4v) is 3.84. The quantitative estimate of drug-likeness (QED) is 0.765. The first kappa shape index (κ1) is 22.5. The molecule has 0 bridgehead atoms. The zero-order valence-electron chi connectivity index (χ0n) is 15.4. The van der Waals surface area contributed by atoms with E-state index in [0.29, 0.717) is 45.3 Å². The molecule has 2 amide bonds. The second-order valence-electron chi connectivity index (χ2n) is 7.18. The van der Waals surface area contributed by atoms with Gasteiger partial charge in [0.25, 0.3) is 0 Å². The van der Waals surface area contributed by atoms with E-state index >= 15 is 0 Å². The van der Waals surface area contributed by atoms with Crippen molar-refractivity contribution in [3.63, 3.8) is 0 Å². The van der Waals surface area contributed by atoms with E-state index in [9.17, 15) is 22.8 Å². The van der Waals surface area contributed by atoms with E-state index < -0.39 is 17.6 Å². The molecule has 0 saturated carbocycles. The number of hydrogen-bond acceptors (Lipinski definition) is 4. The van der Waals surface area contributed by atoms with Crippen molar-refractivity contribution in [3.05, 3.63) is 18.5 Å². The maximum Gasteiger partial charge on any atom is 0.471 e. The highest BCUT2D eigenvalue weighted by Crippen LogP contribution is 2.28. The molecular formula is C17H25ClF3N5O2. The Kier molecular flexibility index (Phi) is 7.33. The normalized spacial score (nSPS) is 20.3. The molecule has 28 heavy (non-hydrogen) atoms. The van der Waals surface area contributed by atoms with Gasteiger partial charge in [-0.25, -0.2) is 0 Å². The number of rotatable bonds is 4. The van der Waals surface area contributed by atoms with Crippen molar-refractivity contribution in [3.8, 4) is 0 Å². The summed E-state index contributed by atoms with van der Waals surface area (Å²) < 4.78 is 39.2. The molecule has 3 heterocycles. The number of hydrogen-bond donors (Lipinski definition) is 2. The Bertz CT molecular complexity index is 654. The molecule has 0 spiro atoms. The first-order valence-electron chi connectivity index (χ1n) is 9.18. The summed E-state index contributed by atoms with van der Waals surface area (Å²) in [6, 6.07) is 1.78. The third-order valence-electron chi connectivity index (χ3n) is 5.49. The lowest BCUT2D eigenvalue weighted by Crippen LogP contribution is -2.55. The number of amides is 2. The van der Waals surface area contributed by atoms with Crippen LogP contribution in [0.15, 0.2) is 18.5 Å². The smallest absolute Gasteiger partial charge is 0.354 e. The average molecular weight is 424 g/mol. The van der Waals surface area contributed by atoms with Crippen molar-refractivity contribution in [2.75, 3.05) is 32.7 Å². The molecule has 2 aliphatic rings. The predicted molar refractivity (Wildman–Crippen MR) is 97.9 cm³/mol. The van der Waals surface area contributed by atoms with Crippen LogP contribution in [0, 0.1) is 5.92 Å². The SMILES string of the molecule is Cl.O=C(N1CCC(CNC(=O)C2(n3cccn3)CCNCC2)CC1)C(F)(F)F. The van der Waals surface area contributed by atoms with Crippen LogP contribution >= 0.6 is 12.4 Å². The number of carbonyl (C=O) groups excluding carboxylic acids is 2. The summed E-state index contributed by atoms with van der Waals surface area (Å²) in [5.74, 6) is -1.83. The van der Waals surface area contributed by atoms with E-state index in [2.05, 4.69) is 15.7 Å². The van der Waals surface area contributed by atoms with Crippen LogP contribution in [0.5, 0.6) is 0 Å². The molecule has 7 nitrogen and oxygen atoms in total. The molecule has 0 aromatic carbocycles. The topological polar surface area (TPSA) is 79.3 Å². The summed E-state index contributed by atoms with van der Waals surface area (Å²) in [6.07, 6.45) is 0.734. The molecule has 0 atom stereocenters. The minimum absolute atomic E-state index is 0. The standard InChI is InChI=1S/C17H24F3N5O2.ClH/c18-17(19,20)15(27)24-10-2-13(3-11-24)12-22-14(26)16(4-7-21-8-5-16)25-9-1-6-23-25;/h1,6,9,13,21H,2-5,7-8,10-12H2,(H,22,26);1H. The molecule has 1 aromatic rings. The average Bonchev–Trinajstić information content (AvgIpc) is 3.21. The molecule has 1 aromatic heterocycles. The van der Waals surface area contributed by atoms with Crippen LogP contribution in [0.1, 0.15) is 25.7 Å². The second-order valence-corrected chi connectivity index (χ2v) is 7.18. The molecule has 0 aliphatic carbocycles. The largest absolute Gasteiger partial charge is 0.471 e. The molecule has 2 fully saturated rings. The number of alkyl halides is 3. The van der Waals surface area contributed by atoms with E-state index in [-0.39, 0.29) is 37.3 Å². The number of carbonyl (C=O) groups is 2. The van der Waals surface area contributed by atoms with Gasteiger partial charge >= 0.3 is 12.1 Å². The van der Waals surface area contributed by atoms with Gasteiger partial charge < -0.3 is 15.5 Å². The van der Waals surface area contributed by atoms with Crippen molar-refractivity contribution >= 4 is 24.2 Å². The number of nitrogens with one attached hydrogen (secondary N) is 2. The van der Waals surface area contributed by atoms with E-state index in [1.165, 1.54) is 0 Å². The van der Waals surface area contributed by atoms with Crippen molar-refractivity contribution in [1.29, 1.82) is 0 Å². The Balaban J connectivity index is 0.00000280. The van der Waals surface area contributed by atoms with Gasteiger partial charge in [-0.3, -0.25) is 14.3 Å². The Morgan fingerprint density at radius 2 is 1.86 bits per heavy atom. The van der Waals surface area contributed by atoms with Crippen LogP contribution in [0.25, 0.3) is 0 Å². The van der Waals surface area contributed by atoms with Crippen LogP contribution in [0.3, 0.4) is 0 Å². The Labute approximate surface area is 167 Å². The van der Waals surface area contributed by atoms with Gasteiger partial charge in [0.15, 0.2) is 0 Å².